The fraction of sp³-hybridized carbons (Fsp3) is 0. The first-order valence-electron chi connectivity index (χ1n) is 18.5. The van der Waals surface area contributed by atoms with E-state index < -0.39 is 0 Å². The number of fused-ring (bicyclic) bond motifs is 8. The molecule has 0 saturated heterocycles. The second kappa shape index (κ2) is 12.6. The summed E-state index contributed by atoms with van der Waals surface area (Å²) >= 11 is 0. The molecule has 0 saturated carbocycles. The Kier molecular flexibility index (Phi) is 7.14. The van der Waals surface area contributed by atoms with Gasteiger partial charge in [0.1, 0.15) is 16.7 Å². The molecule has 9 aromatic carbocycles. The zero-order valence-electron chi connectivity index (χ0n) is 29.7. The van der Waals surface area contributed by atoms with Crippen LogP contribution in [0.3, 0.4) is 0 Å². The van der Waals surface area contributed by atoms with Crippen molar-refractivity contribution in [3.63, 3.8) is 0 Å². The van der Waals surface area contributed by atoms with E-state index in [2.05, 4.69) is 157 Å². The molecule has 258 valence electrons. The van der Waals surface area contributed by atoms with Gasteiger partial charge in [0.05, 0.1) is 16.8 Å². The molecule has 0 N–H and O–H groups in total. The summed E-state index contributed by atoms with van der Waals surface area (Å²) in [5.74, 6) is 0.596. The highest BCUT2D eigenvalue weighted by molar-refractivity contribution is 6.19. The van der Waals surface area contributed by atoms with Crippen LogP contribution < -0.4 is 4.90 Å². The Hall–Kier alpha value is -7.43. The number of hydrogen-bond donors (Lipinski definition) is 0. The van der Waals surface area contributed by atoms with Crippen LogP contribution >= 0.6 is 0 Å². The van der Waals surface area contributed by atoms with Crippen molar-refractivity contribution in [2.45, 2.75) is 0 Å². The van der Waals surface area contributed by atoms with Crippen molar-refractivity contribution in [1.82, 2.24) is 4.98 Å². The van der Waals surface area contributed by atoms with Crippen LogP contribution in [0.2, 0.25) is 0 Å². The topological polar surface area (TPSA) is 42.4 Å². The summed E-state index contributed by atoms with van der Waals surface area (Å²) < 4.78 is 13.2. The number of para-hydroxylation sites is 2. The molecule has 11 rings (SSSR count). The maximum Gasteiger partial charge on any atom is 0.227 e. The lowest BCUT2D eigenvalue weighted by molar-refractivity contribution is 0.622. The lowest BCUT2D eigenvalue weighted by Gasteiger charge is -2.30. The van der Waals surface area contributed by atoms with Crippen molar-refractivity contribution in [3.05, 3.63) is 194 Å². The van der Waals surface area contributed by atoms with Crippen molar-refractivity contribution in [3.8, 4) is 33.7 Å². The second-order valence-electron chi connectivity index (χ2n) is 13.9. The predicted molar refractivity (Wildman–Crippen MR) is 227 cm³/mol. The minimum atomic E-state index is 0.596. The van der Waals surface area contributed by atoms with Crippen molar-refractivity contribution >= 4 is 71.6 Å². The van der Waals surface area contributed by atoms with Gasteiger partial charge in [-0.05, 0) is 75.8 Å². The molecule has 0 amide bonds. The number of furan rings is 1. The number of aromatic nitrogens is 1. The van der Waals surface area contributed by atoms with E-state index in [0.717, 1.165) is 77.9 Å². The zero-order valence-corrected chi connectivity index (χ0v) is 29.7. The lowest BCUT2D eigenvalue weighted by atomic mass is 9.96. The highest BCUT2D eigenvalue weighted by Gasteiger charge is 2.23. The maximum absolute atomic E-state index is 6.71. The molecule has 4 heteroatoms. The first kappa shape index (κ1) is 31.1. The van der Waals surface area contributed by atoms with Gasteiger partial charge in [-0.1, -0.05) is 146 Å². The van der Waals surface area contributed by atoms with E-state index in [9.17, 15) is 0 Å². The van der Waals surface area contributed by atoms with Crippen LogP contribution in [0, 0.1) is 0 Å². The molecule has 0 aliphatic heterocycles. The third-order valence-electron chi connectivity index (χ3n) is 10.7. The van der Waals surface area contributed by atoms with Gasteiger partial charge in [-0.2, -0.15) is 0 Å². The number of rotatable bonds is 6. The third-order valence-corrected chi connectivity index (χ3v) is 10.7. The molecule has 11 aromatic rings. The molecule has 0 radical (unpaired) electrons. The van der Waals surface area contributed by atoms with Crippen LogP contribution in [-0.4, -0.2) is 4.98 Å². The summed E-state index contributed by atoms with van der Waals surface area (Å²) in [6, 6.07) is 68.2. The largest absolute Gasteiger partial charge is 0.455 e. The Bertz CT molecular complexity index is 3220. The van der Waals surface area contributed by atoms with E-state index in [1.165, 1.54) is 21.5 Å². The van der Waals surface area contributed by atoms with Crippen LogP contribution in [-0.2, 0) is 0 Å². The van der Waals surface area contributed by atoms with Crippen molar-refractivity contribution in [2.75, 3.05) is 4.90 Å². The molecule has 4 nitrogen and oxygen atoms in total. The van der Waals surface area contributed by atoms with Crippen LogP contribution in [0.4, 0.5) is 17.1 Å². The number of benzene rings is 9. The average molecular weight is 705 g/mol. The van der Waals surface area contributed by atoms with Crippen molar-refractivity contribution < 1.29 is 8.83 Å². The van der Waals surface area contributed by atoms with Gasteiger partial charge < -0.3 is 13.7 Å². The fourth-order valence-corrected chi connectivity index (χ4v) is 8.17. The molecule has 2 aromatic heterocycles. The quantitative estimate of drug-likeness (QED) is 0.162. The standard InChI is InChI=1S/C51H32N2O2/c1-3-15-33(16-4-1)39-23-11-12-28-45(39)53(46-32-36-19-7-8-22-38(36)41-24-9-10-25-42(41)46)37-21-13-20-35(31-37)40-26-14-27-43-48-47(54-49(40)43)30-29-44-50(48)55-51(52-44)34-17-5-2-6-18-34/h1-32H. The molecule has 0 bridgehead atoms. The van der Waals surface area contributed by atoms with Crippen LogP contribution in [0.5, 0.6) is 0 Å². The van der Waals surface area contributed by atoms with Crippen molar-refractivity contribution in [2.24, 2.45) is 0 Å². The molecule has 0 unspecified atom stereocenters. The van der Waals surface area contributed by atoms with E-state index >= 15 is 0 Å². The molecule has 0 aliphatic carbocycles. The van der Waals surface area contributed by atoms with Gasteiger partial charge >= 0.3 is 0 Å². The van der Waals surface area contributed by atoms with E-state index in [-0.39, 0.29) is 0 Å². The average Bonchev–Trinajstić information content (AvgIpc) is 3.87. The summed E-state index contributed by atoms with van der Waals surface area (Å²) in [5.41, 5.74) is 11.7. The van der Waals surface area contributed by atoms with Crippen LogP contribution in [0.15, 0.2) is 203 Å². The Morgan fingerprint density at radius 3 is 1.91 bits per heavy atom. The van der Waals surface area contributed by atoms with Crippen molar-refractivity contribution in [1.29, 1.82) is 0 Å². The summed E-state index contributed by atoms with van der Waals surface area (Å²) in [5, 5.41) is 6.75. The monoisotopic (exact) mass is 704 g/mol. The highest BCUT2D eigenvalue weighted by atomic mass is 16.4. The molecule has 0 atom stereocenters. The molecule has 0 fully saturated rings. The molecular weight excluding hydrogens is 673 g/mol. The summed E-state index contributed by atoms with van der Waals surface area (Å²) in [6.07, 6.45) is 0. The normalized spacial score (nSPS) is 11.6. The van der Waals surface area contributed by atoms with Crippen LogP contribution in [0.25, 0.3) is 88.3 Å². The van der Waals surface area contributed by atoms with Gasteiger partial charge in [-0.3, -0.25) is 0 Å². The molecule has 0 spiro atoms. The molecule has 55 heavy (non-hydrogen) atoms. The maximum atomic E-state index is 6.71. The van der Waals surface area contributed by atoms with E-state index in [0.29, 0.717) is 5.89 Å². The third kappa shape index (κ3) is 5.11. The first-order valence-corrected chi connectivity index (χ1v) is 18.5. The van der Waals surface area contributed by atoms with Gasteiger partial charge in [-0.15, -0.1) is 0 Å². The number of nitrogens with zero attached hydrogens (tertiary/aromatic N) is 2. The van der Waals surface area contributed by atoms with Gasteiger partial charge in [0.25, 0.3) is 0 Å². The Balaban J connectivity index is 1.14. The SMILES string of the molecule is c1ccc(-c2nc3ccc4oc5c(-c6cccc(N(c7ccccc7-c7ccccc7)c7cc8ccccc8c8ccccc78)c6)cccc5c4c3o2)cc1. The van der Waals surface area contributed by atoms with E-state index in [1.54, 1.807) is 0 Å². The summed E-state index contributed by atoms with van der Waals surface area (Å²) in [6.45, 7) is 0. The Labute approximate surface area is 317 Å². The fourth-order valence-electron chi connectivity index (χ4n) is 8.17. The van der Waals surface area contributed by atoms with E-state index in [4.69, 9.17) is 13.8 Å². The minimum Gasteiger partial charge on any atom is -0.455 e. The number of oxazole rings is 1. The second-order valence-corrected chi connectivity index (χ2v) is 13.9. The first-order chi connectivity index (χ1) is 27.3. The molecule has 0 aliphatic rings. The highest BCUT2D eigenvalue weighted by Crippen LogP contribution is 2.47. The van der Waals surface area contributed by atoms with Gasteiger partial charge in [0, 0.05) is 33.2 Å². The smallest absolute Gasteiger partial charge is 0.227 e. The molecular formula is C51H32N2O2. The zero-order chi connectivity index (χ0) is 36.3. The minimum absolute atomic E-state index is 0.596. The summed E-state index contributed by atoms with van der Waals surface area (Å²) in [7, 11) is 0. The Morgan fingerprint density at radius 2 is 1.05 bits per heavy atom. The van der Waals surface area contributed by atoms with Gasteiger partial charge in [0.2, 0.25) is 5.89 Å². The lowest BCUT2D eigenvalue weighted by Crippen LogP contribution is -2.12. The van der Waals surface area contributed by atoms with Crippen LogP contribution in [0.1, 0.15) is 0 Å². The number of hydrogen-bond acceptors (Lipinski definition) is 4. The van der Waals surface area contributed by atoms with E-state index in [1.807, 2.05) is 42.5 Å². The molecule has 2 heterocycles. The summed E-state index contributed by atoms with van der Waals surface area (Å²) in [4.78, 5) is 7.26. The van der Waals surface area contributed by atoms with Gasteiger partial charge in [0.15, 0.2) is 5.58 Å². The predicted octanol–water partition coefficient (Wildman–Crippen LogP) is 14.5. The Morgan fingerprint density at radius 1 is 0.400 bits per heavy atom. The van der Waals surface area contributed by atoms with Gasteiger partial charge in [-0.25, -0.2) is 4.98 Å². The number of anilines is 3.